The Balaban J connectivity index is -0.00000000167. The van der Waals surface area contributed by atoms with Gasteiger partial charge in [-0.1, -0.05) is 0 Å². The van der Waals surface area contributed by atoms with Crippen molar-refractivity contribution in [2.45, 2.75) is 0 Å². The van der Waals surface area contributed by atoms with Crippen LogP contribution < -0.4 is 29.6 Å². The van der Waals surface area contributed by atoms with Gasteiger partial charge in [-0.3, -0.25) is 10.5 Å². The molecule has 0 atom stereocenters. The van der Waals surface area contributed by atoms with Gasteiger partial charge < -0.3 is 6.90 Å². The Hall–Kier alpha value is 0.880. The van der Waals surface area contributed by atoms with Gasteiger partial charge in [0.05, 0.1) is 0 Å². The molecule has 0 aliphatic rings. The normalized spacial score (nSPS) is 1.50. The summed E-state index contributed by atoms with van der Waals surface area (Å²) in [5.41, 5.74) is 0. The van der Waals surface area contributed by atoms with Crippen LogP contribution in [0.2, 0.25) is 0 Å². The van der Waals surface area contributed by atoms with Crippen LogP contribution >= 0.6 is 0 Å². The molecule has 4 heteroatoms. The van der Waals surface area contributed by atoms with E-state index in [1.54, 1.807) is 0 Å². The van der Waals surface area contributed by atoms with Crippen LogP contribution in [-0.2, 0) is 0 Å². The molecule has 0 aromatic rings. The van der Waals surface area contributed by atoms with Crippen molar-refractivity contribution in [3.05, 3.63) is 0 Å². The molecule has 3 nitrogen and oxygen atoms in total. The third-order valence-electron chi connectivity index (χ3n) is 0. The molecule has 4 N–H and O–H groups in total. The van der Waals surface area contributed by atoms with Gasteiger partial charge in [0.2, 0.25) is 0 Å². The molecule has 24 valence electrons. The van der Waals surface area contributed by atoms with E-state index in [-0.39, 0.29) is 36.5 Å². The van der Waals surface area contributed by atoms with Crippen molar-refractivity contribution in [3.8, 4) is 0 Å². The molecule has 0 aromatic heterocycles. The topological polar surface area (TPSA) is 72.0 Å². The van der Waals surface area contributed by atoms with E-state index >= 15 is 0 Å². The van der Waals surface area contributed by atoms with Gasteiger partial charge in [0, 0.05) is 0 Å². The van der Waals surface area contributed by atoms with E-state index in [2.05, 4.69) is 0 Å². The Morgan fingerprint density at radius 3 is 1.25 bits per heavy atom. The summed E-state index contributed by atoms with van der Waals surface area (Å²) in [6.07, 6.45) is 0. The maximum atomic E-state index is 6.00. The zero-order valence-corrected chi connectivity index (χ0v) is 4.39. The quantitative estimate of drug-likeness (QED) is 0.177. The summed E-state index contributed by atoms with van der Waals surface area (Å²) in [6, 6.07) is 0. The van der Waals surface area contributed by atoms with E-state index in [9.17, 15) is 0 Å². The Labute approximate surface area is 47.3 Å². The van der Waals surface area contributed by atoms with Crippen LogP contribution in [0.15, 0.2) is 0 Å². The zero-order chi connectivity index (χ0) is 2.00. The summed E-state index contributed by atoms with van der Waals surface area (Å²) < 4.78 is 0. The second-order valence-corrected chi connectivity index (χ2v) is 0. The molecule has 0 heterocycles. The summed E-state index contributed by atoms with van der Waals surface area (Å²) >= 11 is 0. The van der Waals surface area contributed by atoms with Crippen LogP contribution in [0.25, 0.3) is 0 Å². The molecular formula is H5NaO3. The Bertz CT molecular complexity index is 6.85. The van der Waals surface area contributed by atoms with Crippen molar-refractivity contribution in [2.24, 2.45) is 0 Å². The molecule has 0 fully saturated rings. The molecule has 0 aliphatic carbocycles. The van der Waals surface area contributed by atoms with Crippen LogP contribution in [0.5, 0.6) is 0 Å². The molecule has 0 aromatic carbocycles. The van der Waals surface area contributed by atoms with E-state index in [1.165, 1.54) is 0 Å². The summed E-state index contributed by atoms with van der Waals surface area (Å²) in [6.45, 7) is 0. The van der Waals surface area contributed by atoms with Crippen molar-refractivity contribution < 1.29 is 47.0 Å². The first-order chi connectivity index (χ1) is 1.00. The number of hydrogen-bond donors (Lipinski definition) is 2. The zero-order valence-electron chi connectivity index (χ0n) is 3.39. The molecule has 4 heavy (non-hydrogen) atoms. The molecule has 0 amide bonds. The Morgan fingerprint density at radius 2 is 1.25 bits per heavy atom. The third-order valence-corrected chi connectivity index (χ3v) is 0. The van der Waals surface area contributed by atoms with Gasteiger partial charge in [-0.25, -0.2) is 0 Å². The monoisotopic (exact) mass is 76.0 g/mol. The molecule has 0 radical (unpaired) electrons. The fourth-order valence-corrected chi connectivity index (χ4v) is 0. The van der Waals surface area contributed by atoms with Crippen LogP contribution in [0.3, 0.4) is 0 Å². The second-order valence-electron chi connectivity index (χ2n) is 0. The largest absolute Gasteiger partial charge is 1.00 e. The van der Waals surface area contributed by atoms with Gasteiger partial charge in [0.15, 0.2) is 0 Å². The Morgan fingerprint density at radius 1 is 1.25 bits per heavy atom. The standard InChI is InChI=1S/Na.H2O2.H2O.H/c;1-2;;/h;1-2H;1H2;/q+1;;;-1. The van der Waals surface area contributed by atoms with Crippen molar-refractivity contribution in [1.82, 2.24) is 0 Å². The van der Waals surface area contributed by atoms with Crippen LogP contribution in [0.4, 0.5) is 0 Å². The fourth-order valence-electron chi connectivity index (χ4n) is 0. The minimum absolute atomic E-state index is 0. The number of rotatable bonds is 0. The average molecular weight is 76.0 g/mol. The first-order valence-corrected chi connectivity index (χ1v) is 0.200. The van der Waals surface area contributed by atoms with Gasteiger partial charge >= 0.3 is 29.6 Å². The van der Waals surface area contributed by atoms with E-state index < -0.39 is 0 Å². The summed E-state index contributed by atoms with van der Waals surface area (Å²) in [7, 11) is 0. The van der Waals surface area contributed by atoms with E-state index in [4.69, 9.17) is 10.5 Å². The molecule has 0 spiro atoms. The fraction of sp³-hybridized carbons (Fsp3) is 0. The SMILES string of the molecule is O.OO.[H-].[Na+]. The van der Waals surface area contributed by atoms with E-state index in [1.807, 2.05) is 0 Å². The average Bonchev–Trinajstić information content (AvgIpc) is 1.00. The van der Waals surface area contributed by atoms with E-state index in [0.717, 1.165) is 0 Å². The van der Waals surface area contributed by atoms with Crippen molar-refractivity contribution in [3.63, 3.8) is 0 Å². The molecule has 0 bridgehead atoms. The molecule has 0 saturated carbocycles. The predicted molar refractivity (Wildman–Crippen MR) is 9.98 cm³/mol. The number of hydrogen-bond acceptors (Lipinski definition) is 2. The summed E-state index contributed by atoms with van der Waals surface area (Å²) in [5, 5.41) is 12.0. The van der Waals surface area contributed by atoms with Gasteiger partial charge in [-0.05, 0) is 0 Å². The van der Waals surface area contributed by atoms with Crippen molar-refractivity contribution in [1.29, 1.82) is 0 Å². The van der Waals surface area contributed by atoms with Crippen LogP contribution in [0.1, 0.15) is 1.43 Å². The first kappa shape index (κ1) is 20.8. The van der Waals surface area contributed by atoms with Crippen molar-refractivity contribution >= 4 is 0 Å². The molecule has 0 unspecified atom stereocenters. The second kappa shape index (κ2) is 41.6. The van der Waals surface area contributed by atoms with Gasteiger partial charge in [-0.15, -0.1) is 0 Å². The summed E-state index contributed by atoms with van der Waals surface area (Å²) in [4.78, 5) is 0. The Kier molecular flexibility index (Phi) is 216. The van der Waals surface area contributed by atoms with Crippen LogP contribution in [-0.4, -0.2) is 16.0 Å². The smallest absolute Gasteiger partial charge is 1.00 e. The minimum atomic E-state index is 0. The molecule has 0 saturated heterocycles. The molecule has 0 aliphatic heterocycles. The third kappa shape index (κ3) is 13.1. The predicted octanol–water partition coefficient (Wildman–Crippen LogP) is -3.69. The van der Waals surface area contributed by atoms with E-state index in [0.29, 0.717) is 0 Å². The van der Waals surface area contributed by atoms with Crippen molar-refractivity contribution in [2.75, 3.05) is 0 Å². The van der Waals surface area contributed by atoms with Gasteiger partial charge in [0.25, 0.3) is 0 Å². The summed E-state index contributed by atoms with van der Waals surface area (Å²) in [5.74, 6) is 0. The minimum Gasteiger partial charge on any atom is -1.00 e. The maximum Gasteiger partial charge on any atom is 1.00 e. The first-order valence-electron chi connectivity index (χ1n) is 0.200. The molecule has 0 rings (SSSR count). The molecular weight excluding hydrogens is 71.0 g/mol. The van der Waals surface area contributed by atoms with Gasteiger partial charge in [-0.2, -0.15) is 0 Å². The van der Waals surface area contributed by atoms with Gasteiger partial charge in [0.1, 0.15) is 0 Å². The van der Waals surface area contributed by atoms with Crippen LogP contribution in [0, 0.1) is 0 Å². The maximum absolute atomic E-state index is 6.00.